The molecule has 0 bridgehead atoms. The lowest BCUT2D eigenvalue weighted by atomic mass is 10.1. The highest BCUT2D eigenvalue weighted by atomic mass is 19.1. The quantitative estimate of drug-likeness (QED) is 0.889. The molecule has 2 rings (SSSR count). The van der Waals surface area contributed by atoms with Crippen molar-refractivity contribution in [2.45, 2.75) is 13.0 Å². The molecule has 1 atom stereocenters. The van der Waals surface area contributed by atoms with E-state index in [1.54, 1.807) is 18.2 Å². The molecule has 2 N–H and O–H groups in total. The maximum atomic E-state index is 13.5. The Hall–Kier alpha value is -1.81. The summed E-state index contributed by atoms with van der Waals surface area (Å²) in [6, 6.07) is 7.80. The molecular formula is C13H14FNO2. The van der Waals surface area contributed by atoms with Crippen molar-refractivity contribution in [2.24, 2.45) is 5.73 Å². The van der Waals surface area contributed by atoms with Crippen molar-refractivity contribution in [3.8, 4) is 5.75 Å². The first-order chi connectivity index (χ1) is 8.11. The minimum absolute atomic E-state index is 0.205. The summed E-state index contributed by atoms with van der Waals surface area (Å²) in [5.74, 6) is 1.18. The molecule has 1 heterocycles. The number of hydrogen-bond acceptors (Lipinski definition) is 3. The van der Waals surface area contributed by atoms with Crippen molar-refractivity contribution in [2.75, 3.05) is 7.11 Å². The highest BCUT2D eigenvalue weighted by molar-refractivity contribution is 5.34. The van der Waals surface area contributed by atoms with Gasteiger partial charge in [-0.2, -0.15) is 0 Å². The first-order valence-electron chi connectivity index (χ1n) is 5.27. The van der Waals surface area contributed by atoms with Crippen LogP contribution < -0.4 is 10.5 Å². The second-order valence-corrected chi connectivity index (χ2v) is 3.82. The third kappa shape index (κ3) is 2.31. The van der Waals surface area contributed by atoms with Crippen LogP contribution in [0.1, 0.15) is 23.1 Å². The van der Waals surface area contributed by atoms with E-state index >= 15 is 0 Å². The van der Waals surface area contributed by atoms with Gasteiger partial charge in [0.15, 0.2) is 11.6 Å². The predicted molar refractivity (Wildman–Crippen MR) is 62.4 cm³/mol. The smallest absolute Gasteiger partial charge is 0.165 e. The number of methoxy groups -OCH3 is 1. The standard InChI is InChI=1S/C13H14FNO2/c1-8-3-5-12(17-8)13(15)9-4-6-11(16-2)10(14)7-9/h3-7,13H,15H2,1-2H3. The molecule has 0 amide bonds. The number of aryl methyl sites for hydroxylation is 1. The molecule has 1 aromatic carbocycles. The van der Waals surface area contributed by atoms with Crippen molar-refractivity contribution in [1.29, 1.82) is 0 Å². The van der Waals surface area contributed by atoms with Gasteiger partial charge in [-0.25, -0.2) is 4.39 Å². The SMILES string of the molecule is COc1ccc(C(N)c2ccc(C)o2)cc1F. The van der Waals surface area contributed by atoms with Crippen molar-refractivity contribution in [1.82, 2.24) is 0 Å². The van der Waals surface area contributed by atoms with E-state index in [2.05, 4.69) is 0 Å². The molecule has 0 saturated heterocycles. The second-order valence-electron chi connectivity index (χ2n) is 3.82. The first kappa shape index (κ1) is 11.7. The zero-order chi connectivity index (χ0) is 12.4. The summed E-state index contributed by atoms with van der Waals surface area (Å²) >= 11 is 0. The summed E-state index contributed by atoms with van der Waals surface area (Å²) in [5.41, 5.74) is 6.64. The van der Waals surface area contributed by atoms with Crippen LogP contribution in [0.15, 0.2) is 34.7 Å². The lowest BCUT2D eigenvalue weighted by molar-refractivity contribution is 0.385. The number of furan rings is 1. The van der Waals surface area contributed by atoms with Gasteiger partial charge >= 0.3 is 0 Å². The molecule has 0 saturated carbocycles. The van der Waals surface area contributed by atoms with Crippen molar-refractivity contribution >= 4 is 0 Å². The fraction of sp³-hybridized carbons (Fsp3) is 0.231. The molecule has 3 nitrogen and oxygen atoms in total. The highest BCUT2D eigenvalue weighted by Crippen LogP contribution is 2.25. The largest absolute Gasteiger partial charge is 0.494 e. The van der Waals surface area contributed by atoms with Gasteiger partial charge in [0.25, 0.3) is 0 Å². The van der Waals surface area contributed by atoms with Crippen LogP contribution >= 0.6 is 0 Å². The molecule has 0 aliphatic heterocycles. The van der Waals surface area contributed by atoms with Crippen LogP contribution in [0.2, 0.25) is 0 Å². The topological polar surface area (TPSA) is 48.4 Å². The summed E-state index contributed by atoms with van der Waals surface area (Å²) in [6.45, 7) is 1.84. The molecule has 0 fully saturated rings. The Morgan fingerprint density at radius 2 is 2.06 bits per heavy atom. The van der Waals surface area contributed by atoms with Crippen molar-refractivity contribution in [3.05, 3.63) is 53.2 Å². The van der Waals surface area contributed by atoms with Crippen LogP contribution in [0.3, 0.4) is 0 Å². The Labute approximate surface area is 99.0 Å². The molecule has 0 radical (unpaired) electrons. The van der Waals surface area contributed by atoms with E-state index in [-0.39, 0.29) is 5.75 Å². The predicted octanol–water partition coefficient (Wildman–Crippen LogP) is 2.78. The molecule has 1 aromatic heterocycles. The normalized spacial score (nSPS) is 12.5. The lowest BCUT2D eigenvalue weighted by Gasteiger charge is -2.10. The highest BCUT2D eigenvalue weighted by Gasteiger charge is 2.14. The fourth-order valence-corrected chi connectivity index (χ4v) is 1.66. The Morgan fingerprint density at radius 1 is 1.29 bits per heavy atom. The molecule has 0 aliphatic carbocycles. The van der Waals surface area contributed by atoms with Gasteiger partial charge in [0.1, 0.15) is 11.5 Å². The molecule has 90 valence electrons. The minimum atomic E-state index is -0.468. The molecule has 1 unspecified atom stereocenters. The third-order valence-electron chi connectivity index (χ3n) is 2.60. The van der Waals surface area contributed by atoms with Crippen molar-refractivity contribution in [3.63, 3.8) is 0 Å². The van der Waals surface area contributed by atoms with Crippen molar-refractivity contribution < 1.29 is 13.5 Å². The van der Waals surface area contributed by atoms with E-state index in [1.165, 1.54) is 13.2 Å². The Bertz CT molecular complexity index is 522. The van der Waals surface area contributed by atoms with Gasteiger partial charge in [0.05, 0.1) is 13.2 Å². The second kappa shape index (κ2) is 4.59. The lowest BCUT2D eigenvalue weighted by Crippen LogP contribution is -2.11. The van der Waals surface area contributed by atoms with E-state index < -0.39 is 11.9 Å². The summed E-state index contributed by atoms with van der Waals surface area (Å²) in [4.78, 5) is 0. The van der Waals surface area contributed by atoms with Crippen LogP contribution in [0.5, 0.6) is 5.75 Å². The fourth-order valence-electron chi connectivity index (χ4n) is 1.66. The number of rotatable bonds is 3. The molecule has 0 spiro atoms. The molecule has 17 heavy (non-hydrogen) atoms. The Morgan fingerprint density at radius 3 is 2.59 bits per heavy atom. The van der Waals surface area contributed by atoms with Crippen LogP contribution in [0, 0.1) is 12.7 Å². The summed E-state index contributed by atoms with van der Waals surface area (Å²) in [5, 5.41) is 0. The van der Waals surface area contributed by atoms with Gasteiger partial charge in [0.2, 0.25) is 0 Å². The van der Waals surface area contributed by atoms with Gasteiger partial charge in [-0.15, -0.1) is 0 Å². The zero-order valence-electron chi connectivity index (χ0n) is 9.74. The number of ether oxygens (including phenoxy) is 1. The molecule has 0 aliphatic rings. The third-order valence-corrected chi connectivity index (χ3v) is 2.60. The minimum Gasteiger partial charge on any atom is -0.494 e. The van der Waals surface area contributed by atoms with E-state index in [9.17, 15) is 4.39 Å². The molecule has 4 heteroatoms. The maximum Gasteiger partial charge on any atom is 0.165 e. The van der Waals surface area contributed by atoms with E-state index in [1.807, 2.05) is 13.0 Å². The number of halogens is 1. The number of nitrogens with two attached hydrogens (primary N) is 1. The van der Waals surface area contributed by atoms with Crippen LogP contribution in [0.4, 0.5) is 4.39 Å². The van der Waals surface area contributed by atoms with Gasteiger partial charge in [-0.1, -0.05) is 6.07 Å². The molecular weight excluding hydrogens is 221 g/mol. The van der Waals surface area contributed by atoms with Gasteiger partial charge in [0, 0.05) is 0 Å². The van der Waals surface area contributed by atoms with Crippen LogP contribution in [-0.4, -0.2) is 7.11 Å². The number of hydrogen-bond donors (Lipinski definition) is 1. The first-order valence-corrected chi connectivity index (χ1v) is 5.27. The van der Waals surface area contributed by atoms with Crippen LogP contribution in [-0.2, 0) is 0 Å². The summed E-state index contributed by atoms with van der Waals surface area (Å²) in [6.07, 6.45) is 0. The van der Waals surface area contributed by atoms with Gasteiger partial charge in [-0.3, -0.25) is 0 Å². The monoisotopic (exact) mass is 235 g/mol. The van der Waals surface area contributed by atoms with E-state index in [4.69, 9.17) is 14.9 Å². The number of benzene rings is 1. The summed E-state index contributed by atoms with van der Waals surface area (Å²) in [7, 11) is 1.42. The maximum absolute atomic E-state index is 13.5. The average molecular weight is 235 g/mol. The van der Waals surface area contributed by atoms with E-state index in [0.717, 1.165) is 5.76 Å². The average Bonchev–Trinajstić information content (AvgIpc) is 2.75. The Kier molecular flexibility index (Phi) is 3.15. The summed E-state index contributed by atoms with van der Waals surface area (Å²) < 4.78 is 23.8. The van der Waals surface area contributed by atoms with Crippen LogP contribution in [0.25, 0.3) is 0 Å². The zero-order valence-corrected chi connectivity index (χ0v) is 9.74. The van der Waals surface area contributed by atoms with Gasteiger partial charge in [-0.05, 0) is 36.8 Å². The van der Waals surface area contributed by atoms with E-state index in [0.29, 0.717) is 11.3 Å². The Balaban J connectivity index is 2.31. The van der Waals surface area contributed by atoms with Gasteiger partial charge < -0.3 is 14.9 Å². The molecule has 2 aromatic rings.